The van der Waals surface area contributed by atoms with Crippen molar-refractivity contribution in [3.63, 3.8) is 0 Å². The van der Waals surface area contributed by atoms with Crippen LogP contribution in [0.1, 0.15) is 6.42 Å². The second-order valence-electron chi connectivity index (χ2n) is 3.42. The van der Waals surface area contributed by atoms with Crippen LogP contribution in [0.25, 0.3) is 0 Å². The molecule has 5 heteroatoms. The third-order valence-corrected chi connectivity index (χ3v) is 5.36. The highest BCUT2D eigenvalue weighted by Crippen LogP contribution is 2.37. The van der Waals surface area contributed by atoms with Gasteiger partial charge in [0.25, 0.3) is 0 Å². The molecule has 0 unspecified atom stereocenters. The van der Waals surface area contributed by atoms with E-state index < -0.39 is 9.73 Å². The van der Waals surface area contributed by atoms with Crippen LogP contribution in [0.2, 0.25) is 0 Å². The minimum Gasteiger partial charge on any atom is -0.494 e. The van der Waals surface area contributed by atoms with Gasteiger partial charge in [-0.3, -0.25) is 0 Å². The summed E-state index contributed by atoms with van der Waals surface area (Å²) in [5.74, 6) is 2.08. The van der Waals surface area contributed by atoms with E-state index in [0.29, 0.717) is 22.9 Å². The Labute approximate surface area is 98.1 Å². The molecule has 0 spiro atoms. The molecule has 3 nitrogen and oxygen atoms in total. The minimum absolute atomic E-state index is 0.666. The first-order valence-corrected chi connectivity index (χ1v) is 7.34. The second kappa shape index (κ2) is 4.14. The molecule has 1 aromatic rings. The van der Waals surface area contributed by atoms with Gasteiger partial charge in [0.15, 0.2) is 0 Å². The molecule has 0 amide bonds. The van der Waals surface area contributed by atoms with Crippen molar-refractivity contribution in [2.45, 2.75) is 6.42 Å². The maximum Gasteiger partial charge on any atom is 0.146 e. The van der Waals surface area contributed by atoms with Gasteiger partial charge in [0.05, 0.1) is 16.8 Å². The lowest BCUT2D eigenvalue weighted by Crippen LogP contribution is -2.23. The van der Waals surface area contributed by atoms with Gasteiger partial charge in [0.2, 0.25) is 0 Å². The molecule has 0 N–H and O–H groups in total. The molecule has 0 atom stereocenters. The van der Waals surface area contributed by atoms with Gasteiger partial charge in [-0.1, -0.05) is 6.07 Å². The molecule has 0 radical (unpaired) electrons. The van der Waals surface area contributed by atoms with Crippen molar-refractivity contribution < 1.29 is 8.95 Å². The number of rotatable bonds is 2. The van der Waals surface area contributed by atoms with Crippen molar-refractivity contribution in [2.75, 3.05) is 18.6 Å². The van der Waals surface area contributed by atoms with Gasteiger partial charge in [-0.15, -0.1) is 0 Å². The summed E-state index contributed by atoms with van der Waals surface area (Å²) >= 11 is 3.39. The largest absolute Gasteiger partial charge is 0.494 e. The first-order chi connectivity index (χ1) is 7.14. The van der Waals surface area contributed by atoms with Crippen LogP contribution in [-0.2, 0) is 9.73 Å². The SMILES string of the molecule is COc1cccc(Br)c1N=S1(=O)CCC1. The predicted octanol–water partition coefficient (Wildman–Crippen LogP) is 2.96. The number of halogens is 1. The van der Waals surface area contributed by atoms with Crippen molar-refractivity contribution in [3.05, 3.63) is 22.7 Å². The average Bonchev–Trinajstić information content (AvgIpc) is 2.18. The lowest BCUT2D eigenvalue weighted by molar-refractivity contribution is 0.416. The fourth-order valence-corrected chi connectivity index (χ4v) is 3.44. The predicted molar refractivity (Wildman–Crippen MR) is 65.3 cm³/mol. The zero-order valence-electron chi connectivity index (χ0n) is 8.40. The van der Waals surface area contributed by atoms with Gasteiger partial charge >= 0.3 is 0 Å². The Morgan fingerprint density at radius 3 is 2.73 bits per heavy atom. The number of ether oxygens (including phenoxy) is 1. The van der Waals surface area contributed by atoms with E-state index in [4.69, 9.17) is 4.74 Å². The molecule has 1 fully saturated rings. The first kappa shape index (κ1) is 11.0. The van der Waals surface area contributed by atoms with Crippen LogP contribution < -0.4 is 4.74 Å². The molecule has 2 rings (SSSR count). The molecule has 1 aliphatic heterocycles. The molecular formula is C10H12BrNO2S. The van der Waals surface area contributed by atoms with Crippen LogP contribution in [0.4, 0.5) is 5.69 Å². The Balaban J connectivity index is 2.52. The highest BCUT2D eigenvalue weighted by atomic mass is 79.9. The van der Waals surface area contributed by atoms with Gasteiger partial charge in [-0.25, -0.2) is 4.21 Å². The van der Waals surface area contributed by atoms with Crippen molar-refractivity contribution in [2.24, 2.45) is 4.36 Å². The van der Waals surface area contributed by atoms with Crippen molar-refractivity contribution >= 4 is 31.3 Å². The monoisotopic (exact) mass is 289 g/mol. The van der Waals surface area contributed by atoms with Crippen LogP contribution in [0.5, 0.6) is 5.75 Å². The molecule has 1 saturated heterocycles. The summed E-state index contributed by atoms with van der Waals surface area (Å²) in [6.07, 6.45) is 1.01. The summed E-state index contributed by atoms with van der Waals surface area (Å²) in [6, 6.07) is 5.57. The molecule has 82 valence electrons. The normalized spacial score (nSPS) is 18.0. The number of benzene rings is 1. The van der Waals surface area contributed by atoms with Crippen molar-refractivity contribution in [1.29, 1.82) is 0 Å². The number of nitrogens with zero attached hydrogens (tertiary/aromatic N) is 1. The summed E-state index contributed by atoms with van der Waals surface area (Å²) in [7, 11) is -0.390. The van der Waals surface area contributed by atoms with Crippen LogP contribution in [-0.4, -0.2) is 22.8 Å². The van der Waals surface area contributed by atoms with Crippen LogP contribution in [0.3, 0.4) is 0 Å². The van der Waals surface area contributed by atoms with E-state index in [2.05, 4.69) is 20.3 Å². The molecule has 0 aromatic heterocycles. The van der Waals surface area contributed by atoms with E-state index in [9.17, 15) is 4.21 Å². The van der Waals surface area contributed by atoms with Gasteiger partial charge in [0, 0.05) is 16.0 Å². The maximum atomic E-state index is 12.0. The van der Waals surface area contributed by atoms with E-state index in [1.807, 2.05) is 18.2 Å². The van der Waals surface area contributed by atoms with E-state index in [-0.39, 0.29) is 0 Å². The van der Waals surface area contributed by atoms with Gasteiger partial charge in [-0.2, -0.15) is 4.36 Å². The fourth-order valence-electron chi connectivity index (χ4n) is 1.40. The maximum absolute atomic E-state index is 12.0. The lowest BCUT2D eigenvalue weighted by atomic mass is 10.3. The van der Waals surface area contributed by atoms with E-state index in [1.165, 1.54) is 0 Å². The van der Waals surface area contributed by atoms with E-state index in [1.54, 1.807) is 7.11 Å². The first-order valence-electron chi connectivity index (χ1n) is 4.70. The van der Waals surface area contributed by atoms with Crippen LogP contribution >= 0.6 is 15.9 Å². The Morgan fingerprint density at radius 2 is 2.20 bits per heavy atom. The van der Waals surface area contributed by atoms with Crippen molar-refractivity contribution in [3.8, 4) is 5.75 Å². The molecule has 1 heterocycles. The van der Waals surface area contributed by atoms with Crippen molar-refractivity contribution in [1.82, 2.24) is 0 Å². The van der Waals surface area contributed by atoms with E-state index >= 15 is 0 Å². The molecule has 1 aromatic carbocycles. The van der Waals surface area contributed by atoms with Gasteiger partial charge in [-0.05, 0) is 34.5 Å². The second-order valence-corrected chi connectivity index (χ2v) is 6.81. The summed E-state index contributed by atoms with van der Waals surface area (Å²) < 4.78 is 22.3. The topological polar surface area (TPSA) is 38.7 Å². The minimum atomic E-state index is -1.98. The van der Waals surface area contributed by atoms with Gasteiger partial charge in [0.1, 0.15) is 11.4 Å². The molecule has 0 aliphatic carbocycles. The quantitative estimate of drug-likeness (QED) is 0.840. The number of methoxy groups -OCH3 is 1. The number of hydrogen-bond acceptors (Lipinski definition) is 3. The third-order valence-electron chi connectivity index (χ3n) is 2.35. The smallest absolute Gasteiger partial charge is 0.146 e. The average molecular weight is 290 g/mol. The summed E-state index contributed by atoms with van der Waals surface area (Å²) in [5.41, 5.74) is 0.671. The Hall–Kier alpha value is -0.550. The molecule has 0 bridgehead atoms. The highest BCUT2D eigenvalue weighted by molar-refractivity contribution is 9.10. The summed E-state index contributed by atoms with van der Waals surface area (Å²) in [5, 5.41) is 0. The fraction of sp³-hybridized carbons (Fsp3) is 0.400. The zero-order valence-corrected chi connectivity index (χ0v) is 10.8. The Morgan fingerprint density at radius 1 is 1.47 bits per heavy atom. The third kappa shape index (κ3) is 2.18. The molecular weight excluding hydrogens is 278 g/mol. The summed E-state index contributed by atoms with van der Waals surface area (Å²) in [4.78, 5) is 0. The van der Waals surface area contributed by atoms with Crippen LogP contribution in [0, 0.1) is 0 Å². The van der Waals surface area contributed by atoms with Crippen LogP contribution in [0.15, 0.2) is 27.0 Å². The number of hydrogen-bond donors (Lipinski definition) is 0. The van der Waals surface area contributed by atoms with Gasteiger partial charge < -0.3 is 4.74 Å². The standard InChI is InChI=1S/C10H12BrNO2S/c1-14-9-5-2-4-8(11)10(9)12-15(13)6-3-7-15/h2,4-5H,3,6-7H2,1H3. The Bertz CT molecular complexity index is 482. The zero-order chi connectivity index (χ0) is 10.9. The molecule has 0 saturated carbocycles. The molecule has 1 aliphatic rings. The molecule has 15 heavy (non-hydrogen) atoms. The Kier molecular flexibility index (Phi) is 3.02. The van der Waals surface area contributed by atoms with E-state index in [0.717, 1.165) is 10.9 Å². The highest BCUT2D eigenvalue weighted by Gasteiger charge is 2.20. The summed E-state index contributed by atoms with van der Waals surface area (Å²) in [6.45, 7) is 0. The lowest BCUT2D eigenvalue weighted by Gasteiger charge is -2.18.